The van der Waals surface area contributed by atoms with Gasteiger partial charge in [-0.15, -0.1) is 22.9 Å². The molecule has 0 amide bonds. The van der Waals surface area contributed by atoms with Crippen LogP contribution in [0.4, 0.5) is 0 Å². The van der Waals surface area contributed by atoms with Gasteiger partial charge in [-0.2, -0.15) is 0 Å². The van der Waals surface area contributed by atoms with Crippen molar-refractivity contribution in [2.75, 3.05) is 0 Å². The third-order valence-electron chi connectivity index (χ3n) is 5.44. The van der Waals surface area contributed by atoms with Gasteiger partial charge >= 0.3 is 7.60 Å². The summed E-state index contributed by atoms with van der Waals surface area (Å²) in [5.41, 5.74) is 0. The van der Waals surface area contributed by atoms with Gasteiger partial charge in [0, 0.05) is 16.2 Å². The summed E-state index contributed by atoms with van der Waals surface area (Å²) in [6.07, 6.45) is 6.87. The summed E-state index contributed by atoms with van der Waals surface area (Å²) < 4.78 is 11.4. The van der Waals surface area contributed by atoms with E-state index in [1.54, 1.807) is 19.1 Å². The molecule has 0 aliphatic heterocycles. The highest BCUT2D eigenvalue weighted by molar-refractivity contribution is 7.67. The zero-order valence-electron chi connectivity index (χ0n) is 16.6. The molecule has 0 bridgehead atoms. The minimum atomic E-state index is -4.19. The molecule has 1 aromatic rings. The highest BCUT2D eigenvalue weighted by Gasteiger charge is 2.39. The largest absolute Gasteiger partial charge is 0.393 e. The molecule has 0 spiro atoms. The SMILES string of the molecule is C[C@@H](O)CCC[C@H](O)/C=C/[C@@H]1[C@@H](CCCc2ccc(P(=O)(O)O)s2)[C@H](Cl)C[C@H]1O. The Hall–Kier alpha value is -0.240. The van der Waals surface area contributed by atoms with Crippen molar-refractivity contribution in [3.05, 3.63) is 29.2 Å². The van der Waals surface area contributed by atoms with E-state index in [0.717, 1.165) is 35.5 Å². The van der Waals surface area contributed by atoms with Crippen molar-refractivity contribution in [2.24, 2.45) is 11.8 Å². The minimum absolute atomic E-state index is 0.0874. The fraction of sp³-hybridized carbons (Fsp3) is 0.700. The third kappa shape index (κ3) is 8.08. The highest BCUT2D eigenvalue weighted by Crippen LogP contribution is 2.41. The molecule has 0 radical (unpaired) electrons. The Morgan fingerprint density at radius 1 is 1.28 bits per heavy atom. The van der Waals surface area contributed by atoms with Gasteiger partial charge in [0.1, 0.15) is 4.62 Å². The molecular weight excluding hydrogens is 435 g/mol. The molecule has 6 nitrogen and oxygen atoms in total. The molecule has 5 N–H and O–H groups in total. The smallest absolute Gasteiger partial charge is 0.366 e. The third-order valence-corrected chi connectivity index (χ3v) is 8.60. The Labute approximate surface area is 181 Å². The van der Waals surface area contributed by atoms with Gasteiger partial charge in [0.05, 0.1) is 18.3 Å². The fourth-order valence-corrected chi connectivity index (χ4v) is 6.24. The van der Waals surface area contributed by atoms with Gasteiger partial charge in [-0.3, -0.25) is 4.57 Å². The molecule has 29 heavy (non-hydrogen) atoms. The Morgan fingerprint density at radius 2 is 2.00 bits per heavy atom. The number of halogens is 1. The van der Waals surface area contributed by atoms with E-state index in [9.17, 15) is 29.7 Å². The fourth-order valence-electron chi connectivity index (χ4n) is 3.88. The van der Waals surface area contributed by atoms with Gasteiger partial charge in [-0.1, -0.05) is 12.2 Å². The molecule has 1 heterocycles. The summed E-state index contributed by atoms with van der Waals surface area (Å²) in [4.78, 5) is 19.4. The monoisotopic (exact) mass is 466 g/mol. The normalized spacial score (nSPS) is 27.6. The van der Waals surface area contributed by atoms with Crippen molar-refractivity contribution in [3.8, 4) is 0 Å². The van der Waals surface area contributed by atoms with Crippen molar-refractivity contribution in [1.82, 2.24) is 0 Å². The Balaban J connectivity index is 1.86. The number of aliphatic hydroxyl groups excluding tert-OH is 3. The molecule has 1 saturated carbocycles. The van der Waals surface area contributed by atoms with Gasteiger partial charge in [0.15, 0.2) is 0 Å². The van der Waals surface area contributed by atoms with Crippen LogP contribution in [0.2, 0.25) is 0 Å². The van der Waals surface area contributed by atoms with Crippen LogP contribution in [0.5, 0.6) is 0 Å². The number of aliphatic hydroxyl groups is 3. The predicted molar refractivity (Wildman–Crippen MR) is 117 cm³/mol. The second kappa shape index (κ2) is 11.4. The van der Waals surface area contributed by atoms with Gasteiger partial charge in [-0.25, -0.2) is 0 Å². The summed E-state index contributed by atoms with van der Waals surface area (Å²) in [6, 6.07) is 3.23. The van der Waals surface area contributed by atoms with Crippen LogP contribution >= 0.6 is 30.5 Å². The number of aryl methyl sites for hydroxylation is 1. The van der Waals surface area contributed by atoms with Gasteiger partial charge in [0.25, 0.3) is 0 Å². The molecule has 9 heteroatoms. The zero-order chi connectivity index (χ0) is 21.6. The Bertz CT molecular complexity index is 703. The van der Waals surface area contributed by atoms with Gasteiger partial charge in [-0.05, 0) is 69.9 Å². The summed E-state index contributed by atoms with van der Waals surface area (Å²) >= 11 is 7.60. The van der Waals surface area contributed by atoms with Crippen LogP contribution in [0.15, 0.2) is 24.3 Å². The van der Waals surface area contributed by atoms with Crippen LogP contribution in [-0.2, 0) is 11.0 Å². The van der Waals surface area contributed by atoms with Gasteiger partial charge < -0.3 is 25.1 Å². The first-order chi connectivity index (χ1) is 13.6. The lowest BCUT2D eigenvalue weighted by atomic mass is 9.89. The van der Waals surface area contributed by atoms with Crippen LogP contribution < -0.4 is 4.62 Å². The van der Waals surface area contributed by atoms with E-state index in [4.69, 9.17) is 11.6 Å². The molecular formula is C20H32ClO6PS. The zero-order valence-corrected chi connectivity index (χ0v) is 19.1. The van der Waals surface area contributed by atoms with Crippen LogP contribution in [0.3, 0.4) is 0 Å². The maximum atomic E-state index is 11.3. The molecule has 6 atom stereocenters. The quantitative estimate of drug-likeness (QED) is 0.194. The molecule has 166 valence electrons. The van der Waals surface area contributed by atoms with E-state index in [1.165, 1.54) is 6.07 Å². The molecule has 1 aliphatic rings. The van der Waals surface area contributed by atoms with E-state index >= 15 is 0 Å². The maximum Gasteiger partial charge on any atom is 0.366 e. The lowest BCUT2D eigenvalue weighted by molar-refractivity contribution is 0.138. The average molecular weight is 467 g/mol. The van der Waals surface area contributed by atoms with E-state index in [1.807, 2.05) is 6.08 Å². The van der Waals surface area contributed by atoms with Crippen LogP contribution in [0.1, 0.15) is 50.3 Å². The maximum absolute atomic E-state index is 11.3. The standard InChI is InChI=1S/C20H32ClO6PS/c1-13(22)4-2-5-14(23)8-10-17-16(18(21)12-19(17)24)7-3-6-15-9-11-20(29-15)28(25,26)27/h8-11,13-14,16-19,22-24H,2-7,12H2,1H3,(H2,25,26,27)/b10-8+/t13-,14+,16-,17-,18-,19-/m1/s1. The molecule has 1 fully saturated rings. The topological polar surface area (TPSA) is 118 Å². The first-order valence-electron chi connectivity index (χ1n) is 10.1. The predicted octanol–water partition coefficient (Wildman–Crippen LogP) is 2.95. The summed E-state index contributed by atoms with van der Waals surface area (Å²) in [7, 11) is -4.19. The van der Waals surface area contributed by atoms with E-state index in [0.29, 0.717) is 25.7 Å². The molecule has 2 rings (SSSR count). The number of hydrogen-bond acceptors (Lipinski definition) is 5. The minimum Gasteiger partial charge on any atom is -0.393 e. The lowest BCUT2D eigenvalue weighted by Gasteiger charge is -2.21. The van der Waals surface area contributed by atoms with Gasteiger partial charge in [0.2, 0.25) is 0 Å². The van der Waals surface area contributed by atoms with Crippen LogP contribution in [-0.4, -0.2) is 48.8 Å². The average Bonchev–Trinajstić information content (AvgIpc) is 3.18. The first kappa shape index (κ1) is 25.0. The summed E-state index contributed by atoms with van der Waals surface area (Å²) in [5, 5.41) is 29.6. The Kier molecular flexibility index (Phi) is 9.84. The second-order valence-electron chi connectivity index (χ2n) is 7.97. The molecule has 1 aromatic heterocycles. The number of thiophene rings is 1. The highest BCUT2D eigenvalue weighted by atomic mass is 35.5. The molecule has 0 saturated heterocycles. The van der Waals surface area contributed by atoms with E-state index < -0.39 is 19.8 Å². The molecule has 0 aromatic carbocycles. The molecule has 1 aliphatic carbocycles. The van der Waals surface area contributed by atoms with Crippen molar-refractivity contribution in [1.29, 1.82) is 0 Å². The number of hydrogen-bond donors (Lipinski definition) is 5. The Morgan fingerprint density at radius 3 is 2.62 bits per heavy atom. The number of alkyl halides is 1. The van der Waals surface area contributed by atoms with Crippen molar-refractivity contribution in [3.63, 3.8) is 0 Å². The second-order valence-corrected chi connectivity index (χ2v) is 11.6. The summed E-state index contributed by atoms with van der Waals surface area (Å²) in [5.74, 6) is -0.0216. The lowest BCUT2D eigenvalue weighted by Crippen LogP contribution is -2.19. The first-order valence-corrected chi connectivity index (χ1v) is 13.0. The van der Waals surface area contributed by atoms with Crippen LogP contribution in [0, 0.1) is 11.8 Å². The van der Waals surface area contributed by atoms with Crippen LogP contribution in [0.25, 0.3) is 0 Å². The van der Waals surface area contributed by atoms with E-state index in [-0.39, 0.29) is 27.9 Å². The number of rotatable bonds is 11. The van der Waals surface area contributed by atoms with Crippen molar-refractivity contribution >= 4 is 35.2 Å². The van der Waals surface area contributed by atoms with Crippen molar-refractivity contribution < 1.29 is 29.7 Å². The van der Waals surface area contributed by atoms with E-state index in [2.05, 4.69) is 0 Å². The summed E-state index contributed by atoms with van der Waals surface area (Å²) in [6.45, 7) is 1.73. The van der Waals surface area contributed by atoms with Crippen molar-refractivity contribution in [2.45, 2.75) is 75.6 Å². The molecule has 0 unspecified atom stereocenters.